The molecule has 0 saturated heterocycles. The Hall–Kier alpha value is 0.270. The zero-order chi connectivity index (χ0) is 16.6. The highest BCUT2D eigenvalue weighted by atomic mass is 32.2. The van der Waals surface area contributed by atoms with E-state index in [1.165, 1.54) is 108 Å². The van der Waals surface area contributed by atoms with E-state index in [-0.39, 0.29) is 0 Å². The van der Waals surface area contributed by atoms with Crippen LogP contribution < -0.4 is 0 Å². The SMILES string of the molecule is CCCCCCCCCCCCCCCCCc1csc(=S)s1. The Morgan fingerprint density at radius 1 is 0.696 bits per heavy atom. The molecule has 0 aliphatic carbocycles. The van der Waals surface area contributed by atoms with E-state index in [0.717, 1.165) is 3.14 Å². The summed E-state index contributed by atoms with van der Waals surface area (Å²) in [5, 5.41) is 2.25. The highest BCUT2D eigenvalue weighted by Crippen LogP contribution is 2.20. The predicted octanol–water partition coefficient (Wildman–Crippen LogP) is 8.95. The molecule has 0 aliphatic heterocycles. The molecule has 0 atom stereocenters. The van der Waals surface area contributed by atoms with Crippen LogP contribution in [-0.2, 0) is 6.42 Å². The van der Waals surface area contributed by atoms with Crippen molar-refractivity contribution in [3.8, 4) is 0 Å². The first kappa shape index (κ1) is 21.3. The van der Waals surface area contributed by atoms with E-state index in [0.29, 0.717) is 0 Å². The van der Waals surface area contributed by atoms with E-state index in [1.807, 2.05) is 11.3 Å². The standard InChI is InChI=1S/C20H36S3/c1-2-3-4-5-6-7-8-9-10-11-12-13-14-15-16-17-19-18-22-20(21)23-19/h18H,2-17H2,1H3. The van der Waals surface area contributed by atoms with Crippen LogP contribution in [0.15, 0.2) is 5.38 Å². The minimum absolute atomic E-state index is 1.08. The van der Waals surface area contributed by atoms with Gasteiger partial charge in [0, 0.05) is 10.3 Å². The molecule has 0 bridgehead atoms. The molecule has 0 radical (unpaired) electrons. The first-order valence-corrected chi connectivity index (χ1v) is 12.0. The summed E-state index contributed by atoms with van der Waals surface area (Å²) in [6.07, 6.45) is 22.8. The average molecular weight is 373 g/mol. The third kappa shape index (κ3) is 13.3. The van der Waals surface area contributed by atoms with Gasteiger partial charge >= 0.3 is 0 Å². The highest BCUT2D eigenvalue weighted by molar-refractivity contribution is 7.76. The van der Waals surface area contributed by atoms with Crippen molar-refractivity contribution in [2.75, 3.05) is 0 Å². The van der Waals surface area contributed by atoms with Gasteiger partial charge in [0.05, 0.1) is 0 Å². The maximum Gasteiger partial charge on any atom is 0.143 e. The van der Waals surface area contributed by atoms with Gasteiger partial charge in [-0.25, -0.2) is 0 Å². The quantitative estimate of drug-likeness (QED) is 0.206. The largest absolute Gasteiger partial charge is 0.143 e. The molecule has 0 aromatic carbocycles. The molecule has 0 aliphatic rings. The molecule has 1 heterocycles. The van der Waals surface area contributed by atoms with Crippen molar-refractivity contribution in [3.63, 3.8) is 0 Å². The topological polar surface area (TPSA) is 0 Å². The molecule has 0 amide bonds. The Bertz CT molecular complexity index is 405. The monoisotopic (exact) mass is 372 g/mol. The Labute approximate surface area is 157 Å². The minimum atomic E-state index is 1.08. The van der Waals surface area contributed by atoms with Crippen LogP contribution in [0.2, 0.25) is 0 Å². The average Bonchev–Trinajstić information content (AvgIpc) is 2.96. The summed E-state index contributed by atoms with van der Waals surface area (Å²) in [5.74, 6) is 0. The van der Waals surface area contributed by atoms with Crippen molar-refractivity contribution in [1.82, 2.24) is 0 Å². The first-order chi connectivity index (χ1) is 11.3. The van der Waals surface area contributed by atoms with Crippen LogP contribution >= 0.6 is 34.9 Å². The van der Waals surface area contributed by atoms with Crippen molar-refractivity contribution in [3.05, 3.63) is 13.4 Å². The maximum atomic E-state index is 5.18. The molecule has 1 aromatic rings. The summed E-state index contributed by atoms with van der Waals surface area (Å²) >= 11 is 8.71. The molecule has 0 unspecified atom stereocenters. The lowest BCUT2D eigenvalue weighted by Crippen LogP contribution is -1.84. The van der Waals surface area contributed by atoms with Crippen LogP contribution in [-0.4, -0.2) is 0 Å². The number of unbranched alkanes of at least 4 members (excludes halogenated alkanes) is 14. The lowest BCUT2D eigenvalue weighted by atomic mass is 10.0. The second-order valence-corrected chi connectivity index (χ2v) is 9.95. The fraction of sp³-hybridized carbons (Fsp3) is 0.850. The van der Waals surface area contributed by atoms with Crippen molar-refractivity contribution >= 4 is 34.9 Å². The zero-order valence-corrected chi connectivity index (χ0v) is 17.6. The van der Waals surface area contributed by atoms with E-state index in [4.69, 9.17) is 12.2 Å². The lowest BCUT2D eigenvalue weighted by Gasteiger charge is -2.03. The van der Waals surface area contributed by atoms with E-state index < -0.39 is 0 Å². The van der Waals surface area contributed by atoms with E-state index in [2.05, 4.69) is 12.3 Å². The van der Waals surface area contributed by atoms with Gasteiger partial charge < -0.3 is 0 Å². The summed E-state index contributed by atoms with van der Waals surface area (Å²) in [6.45, 7) is 2.29. The molecule has 134 valence electrons. The summed E-state index contributed by atoms with van der Waals surface area (Å²) in [6, 6.07) is 0. The van der Waals surface area contributed by atoms with E-state index in [1.54, 1.807) is 11.3 Å². The van der Waals surface area contributed by atoms with E-state index >= 15 is 0 Å². The van der Waals surface area contributed by atoms with Gasteiger partial charge in [-0.3, -0.25) is 0 Å². The lowest BCUT2D eigenvalue weighted by molar-refractivity contribution is 0.532. The summed E-state index contributed by atoms with van der Waals surface area (Å²) in [7, 11) is 0. The molecule has 0 saturated carbocycles. The fourth-order valence-corrected chi connectivity index (χ4v) is 5.32. The number of rotatable bonds is 16. The molecule has 0 spiro atoms. The summed E-state index contributed by atoms with van der Waals surface area (Å²) in [4.78, 5) is 1.50. The molecule has 23 heavy (non-hydrogen) atoms. The Balaban J connectivity index is 1.72. The van der Waals surface area contributed by atoms with Crippen LogP contribution in [0, 0.1) is 3.14 Å². The van der Waals surface area contributed by atoms with Gasteiger partial charge in [0.25, 0.3) is 0 Å². The minimum Gasteiger partial charge on any atom is -0.121 e. The molecule has 0 nitrogen and oxygen atoms in total. The van der Waals surface area contributed by atoms with Crippen molar-refractivity contribution in [2.45, 2.75) is 110 Å². The van der Waals surface area contributed by atoms with Gasteiger partial charge in [-0.05, 0) is 12.8 Å². The van der Waals surface area contributed by atoms with Crippen LogP contribution in [0.5, 0.6) is 0 Å². The number of hydrogen-bond acceptors (Lipinski definition) is 3. The number of hydrogen-bond donors (Lipinski definition) is 0. The molecule has 0 N–H and O–H groups in total. The Morgan fingerprint density at radius 2 is 1.13 bits per heavy atom. The third-order valence-corrected chi connectivity index (χ3v) is 7.10. The normalized spacial score (nSPS) is 11.2. The van der Waals surface area contributed by atoms with Gasteiger partial charge in [-0.1, -0.05) is 109 Å². The smallest absolute Gasteiger partial charge is 0.121 e. The molecule has 0 fully saturated rings. The predicted molar refractivity (Wildman–Crippen MR) is 112 cm³/mol. The third-order valence-electron chi connectivity index (χ3n) is 4.53. The maximum absolute atomic E-state index is 5.18. The van der Waals surface area contributed by atoms with Gasteiger partial charge in [0.15, 0.2) is 0 Å². The van der Waals surface area contributed by atoms with Gasteiger partial charge in [0.2, 0.25) is 0 Å². The van der Waals surface area contributed by atoms with E-state index in [9.17, 15) is 0 Å². The van der Waals surface area contributed by atoms with Crippen molar-refractivity contribution in [1.29, 1.82) is 0 Å². The first-order valence-electron chi connectivity index (χ1n) is 9.90. The van der Waals surface area contributed by atoms with Gasteiger partial charge in [0.1, 0.15) is 3.14 Å². The van der Waals surface area contributed by atoms with Crippen LogP contribution in [0.3, 0.4) is 0 Å². The zero-order valence-electron chi connectivity index (χ0n) is 15.1. The summed E-state index contributed by atoms with van der Waals surface area (Å²) in [5.41, 5.74) is 0. The van der Waals surface area contributed by atoms with Crippen molar-refractivity contribution in [2.24, 2.45) is 0 Å². The van der Waals surface area contributed by atoms with Crippen LogP contribution in [0.4, 0.5) is 0 Å². The molecular weight excluding hydrogens is 336 g/mol. The number of aryl methyl sites for hydroxylation is 1. The molecule has 1 aromatic heterocycles. The van der Waals surface area contributed by atoms with Gasteiger partial charge in [-0.15, -0.1) is 22.7 Å². The van der Waals surface area contributed by atoms with Crippen LogP contribution in [0.25, 0.3) is 0 Å². The molecular formula is C20H36S3. The Kier molecular flexibility index (Phi) is 14.6. The van der Waals surface area contributed by atoms with Gasteiger partial charge in [-0.2, -0.15) is 0 Å². The highest BCUT2D eigenvalue weighted by Gasteiger charge is 1.97. The molecule has 3 heteroatoms. The van der Waals surface area contributed by atoms with Crippen molar-refractivity contribution < 1.29 is 0 Å². The molecule has 1 rings (SSSR count). The Morgan fingerprint density at radius 3 is 1.52 bits per heavy atom. The second-order valence-electron chi connectivity index (χ2n) is 6.75. The second kappa shape index (κ2) is 15.8. The summed E-state index contributed by atoms with van der Waals surface area (Å²) < 4.78 is 1.08. The fourth-order valence-electron chi connectivity index (χ4n) is 3.05. The van der Waals surface area contributed by atoms with Crippen LogP contribution in [0.1, 0.15) is 108 Å².